The summed E-state index contributed by atoms with van der Waals surface area (Å²) in [5.41, 5.74) is 5.95. The number of hydrogen-bond acceptors (Lipinski definition) is 7. The van der Waals surface area contributed by atoms with Crippen LogP contribution in [0.5, 0.6) is 0 Å². The molecule has 176 valence electrons. The minimum atomic E-state index is -4.46. The lowest BCUT2D eigenvalue weighted by molar-refractivity contribution is -0.138. The van der Waals surface area contributed by atoms with Gasteiger partial charge < -0.3 is 21.1 Å². The van der Waals surface area contributed by atoms with Crippen molar-refractivity contribution in [2.45, 2.75) is 51.6 Å². The highest BCUT2D eigenvalue weighted by Gasteiger charge is 2.33. The lowest BCUT2D eigenvalue weighted by Gasteiger charge is -2.36. The Morgan fingerprint density at radius 3 is 2.52 bits per heavy atom. The van der Waals surface area contributed by atoms with Crippen LogP contribution in [0.4, 0.5) is 24.8 Å². The lowest BCUT2D eigenvalue weighted by Crippen LogP contribution is -2.42. The van der Waals surface area contributed by atoms with Gasteiger partial charge in [-0.2, -0.15) is 18.3 Å². The first-order valence-corrected chi connectivity index (χ1v) is 10.8. The van der Waals surface area contributed by atoms with E-state index in [1.54, 1.807) is 12.3 Å². The average molecular weight is 461 g/mol. The molecular formula is C23H27F3N6O. The fourth-order valence-corrected chi connectivity index (χ4v) is 4.18. The van der Waals surface area contributed by atoms with Gasteiger partial charge in [-0.3, -0.25) is 0 Å². The summed E-state index contributed by atoms with van der Waals surface area (Å²) in [4.78, 5) is 6.65. The van der Waals surface area contributed by atoms with Gasteiger partial charge in [0.2, 0.25) is 0 Å². The van der Waals surface area contributed by atoms with Gasteiger partial charge in [0, 0.05) is 30.1 Å². The van der Waals surface area contributed by atoms with Crippen LogP contribution in [-0.4, -0.2) is 39.0 Å². The number of hydrogen-bond donors (Lipinski definition) is 3. The van der Waals surface area contributed by atoms with E-state index in [0.29, 0.717) is 43.0 Å². The van der Waals surface area contributed by atoms with Gasteiger partial charge in [0.25, 0.3) is 0 Å². The molecule has 7 nitrogen and oxygen atoms in total. The molecule has 0 saturated carbocycles. The molecule has 1 aliphatic heterocycles. The van der Waals surface area contributed by atoms with E-state index < -0.39 is 23.5 Å². The van der Waals surface area contributed by atoms with Gasteiger partial charge in [-0.15, -0.1) is 5.10 Å². The van der Waals surface area contributed by atoms with E-state index in [4.69, 9.17) is 5.73 Å². The highest BCUT2D eigenvalue weighted by molar-refractivity contribution is 5.94. The molecule has 3 aromatic rings. The second-order valence-corrected chi connectivity index (χ2v) is 8.85. The predicted octanol–water partition coefficient (Wildman–Crippen LogP) is 4.08. The summed E-state index contributed by atoms with van der Waals surface area (Å²) in [6.45, 7) is 6.38. The van der Waals surface area contributed by atoms with E-state index in [9.17, 15) is 18.3 Å². The van der Waals surface area contributed by atoms with Crippen LogP contribution >= 0.6 is 0 Å². The van der Waals surface area contributed by atoms with Crippen LogP contribution in [-0.2, 0) is 6.18 Å². The first-order chi connectivity index (χ1) is 15.5. The second-order valence-electron chi connectivity index (χ2n) is 8.85. The number of fused-ring (bicyclic) bond motifs is 1. The molecule has 1 aromatic carbocycles. The fourth-order valence-electron chi connectivity index (χ4n) is 4.18. The Hall–Kier alpha value is -2.98. The molecule has 1 aliphatic rings. The van der Waals surface area contributed by atoms with Crippen LogP contribution in [0.15, 0.2) is 30.5 Å². The zero-order valence-electron chi connectivity index (χ0n) is 18.7. The van der Waals surface area contributed by atoms with E-state index in [0.717, 1.165) is 22.7 Å². The van der Waals surface area contributed by atoms with Crippen LogP contribution in [0.25, 0.3) is 10.8 Å². The van der Waals surface area contributed by atoms with Crippen LogP contribution in [0.2, 0.25) is 0 Å². The average Bonchev–Trinajstić information content (AvgIpc) is 2.75. The third-order valence-corrected chi connectivity index (χ3v) is 6.31. The van der Waals surface area contributed by atoms with Gasteiger partial charge in [0.05, 0.1) is 16.9 Å². The van der Waals surface area contributed by atoms with Gasteiger partial charge in [0.15, 0.2) is 5.82 Å². The van der Waals surface area contributed by atoms with Crippen molar-refractivity contribution in [1.29, 1.82) is 0 Å². The number of aromatic nitrogens is 3. The van der Waals surface area contributed by atoms with Crippen LogP contribution in [0.1, 0.15) is 48.3 Å². The summed E-state index contributed by atoms with van der Waals surface area (Å²) >= 11 is 0. The molecule has 0 amide bonds. The number of benzene rings is 1. The third kappa shape index (κ3) is 4.72. The molecule has 2 aromatic heterocycles. The summed E-state index contributed by atoms with van der Waals surface area (Å²) in [6, 6.07) is 5.84. The molecule has 1 fully saturated rings. The normalized spacial score (nSPS) is 17.3. The number of piperidine rings is 1. The molecule has 4 rings (SSSR count). The Bertz CT molecular complexity index is 1170. The number of aliphatic hydroxyl groups is 1. The highest BCUT2D eigenvalue weighted by Crippen LogP contribution is 2.35. The number of alkyl halides is 3. The van der Waals surface area contributed by atoms with Crippen molar-refractivity contribution < 1.29 is 18.3 Å². The van der Waals surface area contributed by atoms with Crippen molar-refractivity contribution in [3.63, 3.8) is 0 Å². The van der Waals surface area contributed by atoms with Crippen LogP contribution < -0.4 is 16.0 Å². The lowest BCUT2D eigenvalue weighted by atomic mass is 9.94. The Morgan fingerprint density at radius 2 is 1.85 bits per heavy atom. The van der Waals surface area contributed by atoms with E-state index in [1.165, 1.54) is 13.0 Å². The Labute approximate surface area is 189 Å². The summed E-state index contributed by atoms with van der Waals surface area (Å²) in [7, 11) is 0. The molecular weight excluding hydrogens is 433 g/mol. The third-order valence-electron chi connectivity index (χ3n) is 6.31. The monoisotopic (exact) mass is 460 g/mol. The zero-order valence-corrected chi connectivity index (χ0v) is 18.7. The Balaban J connectivity index is 1.68. The van der Waals surface area contributed by atoms with Crippen LogP contribution in [0.3, 0.4) is 0 Å². The van der Waals surface area contributed by atoms with Crippen molar-refractivity contribution in [3.05, 3.63) is 52.8 Å². The molecule has 10 heteroatoms. The molecule has 0 aliphatic carbocycles. The predicted molar refractivity (Wildman–Crippen MR) is 121 cm³/mol. The molecule has 3 heterocycles. The summed E-state index contributed by atoms with van der Waals surface area (Å²) < 4.78 is 40.0. The first kappa shape index (κ1) is 23.2. The summed E-state index contributed by atoms with van der Waals surface area (Å²) in [5.74, 6) is 1.10. The molecule has 0 radical (unpaired) electrons. The zero-order chi connectivity index (χ0) is 24.0. The van der Waals surface area contributed by atoms with E-state index in [2.05, 4.69) is 25.4 Å². The largest absolute Gasteiger partial charge is 0.416 e. The maximum absolute atomic E-state index is 13.3. The van der Waals surface area contributed by atoms with E-state index in [-0.39, 0.29) is 5.56 Å². The van der Waals surface area contributed by atoms with Crippen LogP contribution in [0, 0.1) is 13.8 Å². The number of nitrogens with zero attached hydrogens (tertiary/aromatic N) is 4. The summed E-state index contributed by atoms with van der Waals surface area (Å²) in [6.07, 6.45) is -2.41. The number of halogens is 3. The molecule has 4 N–H and O–H groups in total. The number of pyridine rings is 1. The fraction of sp³-hybridized carbons (Fsp3) is 0.435. The van der Waals surface area contributed by atoms with E-state index in [1.807, 2.05) is 19.9 Å². The van der Waals surface area contributed by atoms with Gasteiger partial charge in [-0.1, -0.05) is 12.1 Å². The van der Waals surface area contributed by atoms with Gasteiger partial charge in [-0.05, 0) is 56.9 Å². The second kappa shape index (κ2) is 8.42. The van der Waals surface area contributed by atoms with E-state index >= 15 is 0 Å². The number of nitrogens with one attached hydrogen (secondary N) is 1. The van der Waals surface area contributed by atoms with Crippen molar-refractivity contribution in [2.24, 2.45) is 5.73 Å². The van der Waals surface area contributed by atoms with Crippen molar-refractivity contribution in [2.75, 3.05) is 23.3 Å². The summed E-state index contributed by atoms with van der Waals surface area (Å²) in [5, 5.41) is 23.2. The molecule has 33 heavy (non-hydrogen) atoms. The quantitative estimate of drug-likeness (QED) is 0.505. The molecule has 0 bridgehead atoms. The first-order valence-electron chi connectivity index (χ1n) is 10.8. The maximum Gasteiger partial charge on any atom is 0.416 e. The smallest absolute Gasteiger partial charge is 0.390 e. The standard InChI is InChI=1S/C23H27F3N6O/c1-13-15(5-4-6-18(13)23(24,25)26)20(27)29-21-16-11-19(28-12-17(16)14(2)30-31-21)32-9-7-22(3,33)8-10-32/h4-6,11-12,20,33H,7-10,27H2,1-3H3,(H,29,31)/t20-/m0/s1. The number of anilines is 2. The van der Waals surface area contributed by atoms with Gasteiger partial charge >= 0.3 is 6.18 Å². The number of aryl methyl sites for hydroxylation is 1. The molecule has 0 unspecified atom stereocenters. The Kier molecular flexibility index (Phi) is 5.92. The topological polar surface area (TPSA) is 100 Å². The molecule has 1 atom stereocenters. The van der Waals surface area contributed by atoms with Crippen molar-refractivity contribution in [1.82, 2.24) is 15.2 Å². The molecule has 1 saturated heterocycles. The number of rotatable bonds is 4. The van der Waals surface area contributed by atoms with Crippen molar-refractivity contribution in [3.8, 4) is 0 Å². The van der Waals surface area contributed by atoms with Crippen molar-refractivity contribution >= 4 is 22.4 Å². The Morgan fingerprint density at radius 1 is 1.15 bits per heavy atom. The van der Waals surface area contributed by atoms with Gasteiger partial charge in [0.1, 0.15) is 12.0 Å². The number of nitrogens with two attached hydrogens (primary N) is 1. The molecule has 0 spiro atoms. The SMILES string of the molecule is Cc1c([C@@H](N)Nc2nnc(C)c3cnc(N4CCC(C)(O)CC4)cc23)cccc1C(F)(F)F. The highest BCUT2D eigenvalue weighted by atomic mass is 19.4. The minimum absolute atomic E-state index is 0.0668. The van der Waals surface area contributed by atoms with Gasteiger partial charge in [-0.25, -0.2) is 4.98 Å². The maximum atomic E-state index is 13.3. The minimum Gasteiger partial charge on any atom is -0.390 e.